The van der Waals surface area contributed by atoms with Crippen molar-refractivity contribution < 1.29 is 9.53 Å². The fraction of sp³-hybridized carbons (Fsp3) is 0.375. The van der Waals surface area contributed by atoms with E-state index in [0.717, 1.165) is 0 Å². The number of hydrogen-bond acceptors (Lipinski definition) is 3. The molecule has 0 amide bonds. The van der Waals surface area contributed by atoms with E-state index < -0.39 is 0 Å². The van der Waals surface area contributed by atoms with Gasteiger partial charge in [-0.05, 0) is 24.6 Å². The first-order valence-electron chi connectivity index (χ1n) is 3.33. The SMILES string of the molecule is CC(C)OC=O.c1ccsc1. The van der Waals surface area contributed by atoms with E-state index in [2.05, 4.69) is 4.74 Å². The molecule has 0 atom stereocenters. The minimum atomic E-state index is 0.0301. The molecule has 0 fully saturated rings. The predicted octanol–water partition coefficient (Wildman–Crippen LogP) is 2.32. The van der Waals surface area contributed by atoms with Crippen LogP contribution in [0, 0.1) is 0 Å². The van der Waals surface area contributed by atoms with Gasteiger partial charge in [-0.3, -0.25) is 4.79 Å². The van der Waals surface area contributed by atoms with Gasteiger partial charge < -0.3 is 4.74 Å². The first-order valence-corrected chi connectivity index (χ1v) is 4.28. The molecule has 0 radical (unpaired) electrons. The average molecular weight is 172 g/mol. The maximum Gasteiger partial charge on any atom is 0.293 e. The van der Waals surface area contributed by atoms with E-state index in [-0.39, 0.29) is 6.10 Å². The topological polar surface area (TPSA) is 26.3 Å². The summed E-state index contributed by atoms with van der Waals surface area (Å²) < 4.78 is 4.36. The van der Waals surface area contributed by atoms with E-state index in [4.69, 9.17) is 0 Å². The minimum absolute atomic E-state index is 0.0301. The zero-order valence-corrected chi connectivity index (χ0v) is 7.51. The molecule has 0 spiro atoms. The molecule has 11 heavy (non-hydrogen) atoms. The summed E-state index contributed by atoms with van der Waals surface area (Å²) in [6.07, 6.45) is 0.0301. The van der Waals surface area contributed by atoms with Gasteiger partial charge in [0, 0.05) is 0 Å². The zero-order valence-electron chi connectivity index (χ0n) is 6.69. The zero-order chi connectivity index (χ0) is 8.53. The number of rotatable bonds is 2. The highest BCUT2D eigenvalue weighted by atomic mass is 32.1. The number of thiophene rings is 1. The molecule has 0 saturated carbocycles. The minimum Gasteiger partial charge on any atom is -0.465 e. The lowest BCUT2D eigenvalue weighted by Crippen LogP contribution is -1.98. The molecule has 2 nitrogen and oxygen atoms in total. The summed E-state index contributed by atoms with van der Waals surface area (Å²) in [7, 11) is 0. The van der Waals surface area contributed by atoms with Gasteiger partial charge in [-0.15, -0.1) is 0 Å². The lowest BCUT2D eigenvalue weighted by atomic mass is 10.5. The Kier molecular flexibility index (Phi) is 6.73. The second-order valence-corrected chi connectivity index (χ2v) is 2.89. The molecule has 0 aliphatic carbocycles. The van der Waals surface area contributed by atoms with Crippen LogP contribution in [0.1, 0.15) is 13.8 Å². The Morgan fingerprint density at radius 3 is 2.00 bits per heavy atom. The third kappa shape index (κ3) is 9.17. The van der Waals surface area contributed by atoms with Crippen LogP contribution in [0.2, 0.25) is 0 Å². The Morgan fingerprint density at radius 2 is 1.91 bits per heavy atom. The van der Waals surface area contributed by atoms with Gasteiger partial charge in [0.2, 0.25) is 0 Å². The molecule has 0 aliphatic rings. The molecule has 0 bridgehead atoms. The van der Waals surface area contributed by atoms with Crippen LogP contribution in [-0.4, -0.2) is 12.6 Å². The van der Waals surface area contributed by atoms with Crippen molar-refractivity contribution in [3.05, 3.63) is 22.9 Å². The summed E-state index contributed by atoms with van der Waals surface area (Å²) in [4.78, 5) is 9.39. The molecule has 1 rings (SSSR count). The van der Waals surface area contributed by atoms with Crippen molar-refractivity contribution in [1.29, 1.82) is 0 Å². The molecule has 1 aromatic rings. The van der Waals surface area contributed by atoms with Crippen molar-refractivity contribution in [3.8, 4) is 0 Å². The molecule has 0 N–H and O–H groups in total. The lowest BCUT2D eigenvalue weighted by molar-refractivity contribution is -0.131. The van der Waals surface area contributed by atoms with E-state index in [1.54, 1.807) is 25.2 Å². The van der Waals surface area contributed by atoms with Crippen molar-refractivity contribution in [3.63, 3.8) is 0 Å². The number of ether oxygens (including phenoxy) is 1. The third-order valence-corrected chi connectivity index (χ3v) is 1.38. The molecule has 1 aromatic heterocycles. The maximum absolute atomic E-state index is 9.39. The number of carbonyl (C=O) groups excluding carboxylic acids is 1. The predicted molar refractivity (Wildman–Crippen MR) is 46.6 cm³/mol. The van der Waals surface area contributed by atoms with E-state index in [1.807, 2.05) is 22.9 Å². The molecule has 3 heteroatoms. The normalized spacial score (nSPS) is 8.27. The Morgan fingerprint density at radius 1 is 1.36 bits per heavy atom. The second kappa shape index (κ2) is 7.28. The first-order chi connectivity index (χ1) is 5.27. The summed E-state index contributed by atoms with van der Waals surface area (Å²) in [6, 6.07) is 4.04. The smallest absolute Gasteiger partial charge is 0.293 e. The van der Waals surface area contributed by atoms with Crippen molar-refractivity contribution >= 4 is 17.8 Å². The molecule has 1 heterocycles. The van der Waals surface area contributed by atoms with Gasteiger partial charge in [0.1, 0.15) is 0 Å². The first kappa shape index (κ1) is 10.2. The van der Waals surface area contributed by atoms with Crippen LogP contribution in [0.4, 0.5) is 0 Å². The van der Waals surface area contributed by atoms with Gasteiger partial charge in [0.25, 0.3) is 6.47 Å². The summed E-state index contributed by atoms with van der Waals surface area (Å²) in [5.74, 6) is 0. The monoisotopic (exact) mass is 172 g/mol. The highest BCUT2D eigenvalue weighted by Crippen LogP contribution is 1.91. The van der Waals surface area contributed by atoms with Crippen molar-refractivity contribution in [2.45, 2.75) is 20.0 Å². The summed E-state index contributed by atoms with van der Waals surface area (Å²) in [5.41, 5.74) is 0. The van der Waals surface area contributed by atoms with Crippen LogP contribution >= 0.6 is 11.3 Å². The fourth-order valence-corrected chi connectivity index (χ4v) is 0.792. The van der Waals surface area contributed by atoms with Crippen LogP contribution in [0.3, 0.4) is 0 Å². The van der Waals surface area contributed by atoms with Crippen molar-refractivity contribution in [2.24, 2.45) is 0 Å². The van der Waals surface area contributed by atoms with Gasteiger partial charge in [-0.25, -0.2) is 0 Å². The van der Waals surface area contributed by atoms with Crippen LogP contribution in [0.25, 0.3) is 0 Å². The van der Waals surface area contributed by atoms with E-state index in [1.165, 1.54) is 0 Å². The van der Waals surface area contributed by atoms with Gasteiger partial charge in [0.05, 0.1) is 6.10 Å². The standard InChI is InChI=1S/C4H8O2.C4H4S/c1-4(2)6-3-5;1-2-4-5-3-1/h3-4H,1-2H3;1-4H. The largest absolute Gasteiger partial charge is 0.465 e. The fourth-order valence-electron chi connectivity index (χ4n) is 0.338. The quantitative estimate of drug-likeness (QED) is 0.640. The van der Waals surface area contributed by atoms with E-state index in [0.29, 0.717) is 6.47 Å². The molecule has 0 unspecified atom stereocenters. The van der Waals surface area contributed by atoms with Gasteiger partial charge in [-0.2, -0.15) is 11.3 Å². The van der Waals surface area contributed by atoms with E-state index >= 15 is 0 Å². The lowest BCUT2D eigenvalue weighted by Gasteiger charge is -1.96. The van der Waals surface area contributed by atoms with Crippen LogP contribution in [0.15, 0.2) is 22.9 Å². The Labute approximate surface area is 70.8 Å². The average Bonchev–Trinajstić information content (AvgIpc) is 2.41. The Hall–Kier alpha value is -0.830. The second-order valence-electron chi connectivity index (χ2n) is 2.07. The van der Waals surface area contributed by atoms with Gasteiger partial charge >= 0.3 is 0 Å². The van der Waals surface area contributed by atoms with Crippen LogP contribution in [0.5, 0.6) is 0 Å². The van der Waals surface area contributed by atoms with Gasteiger partial charge in [-0.1, -0.05) is 12.1 Å². The van der Waals surface area contributed by atoms with Gasteiger partial charge in [0.15, 0.2) is 0 Å². The third-order valence-electron chi connectivity index (χ3n) is 0.753. The molecule has 0 saturated heterocycles. The molecule has 0 aliphatic heterocycles. The number of hydrogen-bond donors (Lipinski definition) is 0. The highest BCUT2D eigenvalue weighted by Gasteiger charge is 1.83. The molecule has 62 valence electrons. The Bertz CT molecular complexity index is 141. The van der Waals surface area contributed by atoms with Crippen LogP contribution in [-0.2, 0) is 9.53 Å². The summed E-state index contributed by atoms with van der Waals surface area (Å²) >= 11 is 1.71. The number of carbonyl (C=O) groups is 1. The molecular weight excluding hydrogens is 160 g/mol. The van der Waals surface area contributed by atoms with Crippen LogP contribution < -0.4 is 0 Å². The molecule has 0 aromatic carbocycles. The van der Waals surface area contributed by atoms with E-state index in [9.17, 15) is 4.79 Å². The summed E-state index contributed by atoms with van der Waals surface area (Å²) in [5, 5.41) is 4.08. The Balaban J connectivity index is 0.000000183. The maximum atomic E-state index is 9.39. The summed E-state index contributed by atoms with van der Waals surface area (Å²) in [6.45, 7) is 4.05. The van der Waals surface area contributed by atoms with Crippen molar-refractivity contribution in [2.75, 3.05) is 0 Å². The van der Waals surface area contributed by atoms with Crippen molar-refractivity contribution in [1.82, 2.24) is 0 Å². The highest BCUT2D eigenvalue weighted by molar-refractivity contribution is 7.07. The molecular formula is C8H12O2S.